The minimum Gasteiger partial charge on any atom is -0.339 e. The van der Waals surface area contributed by atoms with Crippen LogP contribution in [-0.4, -0.2) is 23.9 Å². The molecule has 1 heterocycles. The van der Waals surface area contributed by atoms with Crippen molar-refractivity contribution in [2.24, 2.45) is 5.92 Å². The van der Waals surface area contributed by atoms with Crippen LogP contribution >= 0.6 is 11.6 Å². The van der Waals surface area contributed by atoms with Gasteiger partial charge in [0.05, 0.1) is 6.07 Å². The summed E-state index contributed by atoms with van der Waals surface area (Å²) in [5.74, 6) is 0.112. The van der Waals surface area contributed by atoms with E-state index in [0.717, 1.165) is 18.4 Å². The summed E-state index contributed by atoms with van der Waals surface area (Å²) >= 11 is 6.03. The fraction of sp³-hybridized carbons (Fsp3) is 0.429. The van der Waals surface area contributed by atoms with Crippen molar-refractivity contribution < 1.29 is 4.79 Å². The minimum absolute atomic E-state index is 0.0198. The topological polar surface area (TPSA) is 44.1 Å². The van der Waals surface area contributed by atoms with Gasteiger partial charge >= 0.3 is 0 Å². The first-order chi connectivity index (χ1) is 8.63. The molecular weight excluding hydrogens is 248 g/mol. The third-order valence-electron chi connectivity index (χ3n) is 3.46. The van der Waals surface area contributed by atoms with E-state index in [1.165, 1.54) is 0 Å². The molecule has 0 radical (unpaired) electrons. The van der Waals surface area contributed by atoms with E-state index in [-0.39, 0.29) is 11.8 Å². The summed E-state index contributed by atoms with van der Waals surface area (Å²) < 4.78 is 0. The lowest BCUT2D eigenvalue weighted by atomic mass is 9.97. The summed E-state index contributed by atoms with van der Waals surface area (Å²) in [6, 6.07) is 7.65. The number of carbonyl (C=O) groups is 1. The third-order valence-corrected chi connectivity index (χ3v) is 3.87. The Labute approximate surface area is 112 Å². The lowest BCUT2D eigenvalue weighted by Gasteiger charge is -2.29. The number of carbonyl (C=O) groups excluding carboxylic acids is 1. The Balaban J connectivity index is 2.13. The second-order valence-corrected chi connectivity index (χ2v) is 5.02. The SMILES string of the molecule is Cc1c(Cl)cccc1C(=O)N1CCC(C#N)CC1. The summed E-state index contributed by atoms with van der Waals surface area (Å²) in [4.78, 5) is 14.2. The zero-order valence-corrected chi connectivity index (χ0v) is 11.1. The van der Waals surface area contributed by atoms with Gasteiger partial charge in [0.25, 0.3) is 5.91 Å². The number of nitriles is 1. The molecule has 18 heavy (non-hydrogen) atoms. The van der Waals surface area contributed by atoms with E-state index in [0.29, 0.717) is 23.7 Å². The summed E-state index contributed by atoms with van der Waals surface area (Å²) in [6.45, 7) is 3.17. The highest BCUT2D eigenvalue weighted by atomic mass is 35.5. The molecule has 1 fully saturated rings. The van der Waals surface area contributed by atoms with Gasteiger partial charge in [-0.15, -0.1) is 0 Å². The Morgan fingerprint density at radius 1 is 1.44 bits per heavy atom. The molecule has 0 aliphatic carbocycles. The number of likely N-dealkylation sites (tertiary alicyclic amines) is 1. The standard InChI is InChI=1S/C14H15ClN2O/c1-10-12(3-2-4-13(10)15)14(18)17-7-5-11(9-16)6-8-17/h2-4,11H,5-8H2,1H3. The fourth-order valence-corrected chi connectivity index (χ4v) is 2.40. The predicted molar refractivity (Wildman–Crippen MR) is 70.4 cm³/mol. The molecule has 0 saturated carbocycles. The molecule has 0 N–H and O–H groups in total. The number of hydrogen-bond donors (Lipinski definition) is 0. The highest BCUT2D eigenvalue weighted by molar-refractivity contribution is 6.31. The first-order valence-electron chi connectivity index (χ1n) is 6.07. The smallest absolute Gasteiger partial charge is 0.254 e. The molecule has 0 bridgehead atoms. The summed E-state index contributed by atoms with van der Waals surface area (Å²) in [7, 11) is 0. The van der Waals surface area contributed by atoms with Crippen molar-refractivity contribution in [3.63, 3.8) is 0 Å². The van der Waals surface area contributed by atoms with E-state index < -0.39 is 0 Å². The van der Waals surface area contributed by atoms with Gasteiger partial charge in [0, 0.05) is 29.6 Å². The van der Waals surface area contributed by atoms with Gasteiger partial charge in [-0.25, -0.2) is 0 Å². The summed E-state index contributed by atoms with van der Waals surface area (Å²) in [5.41, 5.74) is 1.49. The normalized spacial score (nSPS) is 16.4. The molecule has 3 nitrogen and oxygen atoms in total. The number of rotatable bonds is 1. The van der Waals surface area contributed by atoms with Crippen LogP contribution in [0.3, 0.4) is 0 Å². The van der Waals surface area contributed by atoms with Crippen molar-refractivity contribution in [2.75, 3.05) is 13.1 Å². The van der Waals surface area contributed by atoms with Gasteiger partial charge in [-0.3, -0.25) is 4.79 Å². The Morgan fingerprint density at radius 3 is 2.72 bits per heavy atom. The molecular formula is C14H15ClN2O. The highest BCUT2D eigenvalue weighted by Crippen LogP contribution is 2.23. The average Bonchev–Trinajstić information content (AvgIpc) is 2.41. The van der Waals surface area contributed by atoms with Crippen molar-refractivity contribution >= 4 is 17.5 Å². The third kappa shape index (κ3) is 2.49. The average molecular weight is 263 g/mol. The first kappa shape index (κ1) is 12.9. The van der Waals surface area contributed by atoms with Gasteiger partial charge < -0.3 is 4.90 Å². The Morgan fingerprint density at radius 2 is 2.11 bits per heavy atom. The van der Waals surface area contributed by atoms with Gasteiger partial charge in [-0.2, -0.15) is 5.26 Å². The first-order valence-corrected chi connectivity index (χ1v) is 6.45. The number of benzene rings is 1. The molecule has 1 aliphatic rings. The molecule has 1 amide bonds. The maximum absolute atomic E-state index is 12.4. The van der Waals surface area contributed by atoms with Crippen LogP contribution in [0, 0.1) is 24.2 Å². The monoisotopic (exact) mass is 262 g/mol. The maximum atomic E-state index is 12.4. The van der Waals surface area contributed by atoms with Gasteiger partial charge in [-0.05, 0) is 37.5 Å². The largest absolute Gasteiger partial charge is 0.339 e. The molecule has 2 rings (SSSR count). The summed E-state index contributed by atoms with van der Waals surface area (Å²) in [6.07, 6.45) is 1.53. The van der Waals surface area contributed by atoms with Crippen LogP contribution in [0.2, 0.25) is 5.02 Å². The molecule has 0 atom stereocenters. The minimum atomic E-state index is 0.0198. The second kappa shape index (κ2) is 5.41. The zero-order valence-electron chi connectivity index (χ0n) is 10.3. The van der Waals surface area contributed by atoms with Crippen LogP contribution in [0.4, 0.5) is 0 Å². The van der Waals surface area contributed by atoms with Gasteiger partial charge in [0.2, 0.25) is 0 Å². The van der Waals surface area contributed by atoms with Crippen molar-refractivity contribution in [1.29, 1.82) is 5.26 Å². The van der Waals surface area contributed by atoms with Crippen LogP contribution in [0.25, 0.3) is 0 Å². The molecule has 1 aliphatic heterocycles. The molecule has 0 spiro atoms. The van der Waals surface area contributed by atoms with Crippen LogP contribution in [0.5, 0.6) is 0 Å². The fourth-order valence-electron chi connectivity index (χ4n) is 2.22. The Bertz CT molecular complexity index is 499. The highest BCUT2D eigenvalue weighted by Gasteiger charge is 2.24. The molecule has 4 heteroatoms. The predicted octanol–water partition coefficient (Wildman–Crippen LogP) is 3.02. The van der Waals surface area contributed by atoms with Crippen molar-refractivity contribution in [2.45, 2.75) is 19.8 Å². The molecule has 0 aromatic heterocycles. The van der Waals surface area contributed by atoms with Crippen LogP contribution < -0.4 is 0 Å². The van der Waals surface area contributed by atoms with Crippen LogP contribution in [-0.2, 0) is 0 Å². The van der Waals surface area contributed by atoms with E-state index in [1.807, 2.05) is 11.8 Å². The van der Waals surface area contributed by atoms with E-state index in [9.17, 15) is 4.79 Å². The van der Waals surface area contributed by atoms with Gasteiger partial charge in [-0.1, -0.05) is 17.7 Å². The van der Waals surface area contributed by atoms with Crippen LogP contribution in [0.1, 0.15) is 28.8 Å². The summed E-state index contributed by atoms with van der Waals surface area (Å²) in [5, 5.41) is 9.46. The molecule has 1 saturated heterocycles. The molecule has 1 aromatic rings. The zero-order chi connectivity index (χ0) is 13.1. The van der Waals surface area contributed by atoms with Gasteiger partial charge in [0.15, 0.2) is 0 Å². The molecule has 94 valence electrons. The van der Waals surface area contributed by atoms with E-state index >= 15 is 0 Å². The van der Waals surface area contributed by atoms with E-state index in [2.05, 4.69) is 6.07 Å². The van der Waals surface area contributed by atoms with Crippen molar-refractivity contribution in [1.82, 2.24) is 4.90 Å². The van der Waals surface area contributed by atoms with Crippen molar-refractivity contribution in [3.05, 3.63) is 34.3 Å². The van der Waals surface area contributed by atoms with Crippen molar-refractivity contribution in [3.8, 4) is 6.07 Å². The number of hydrogen-bond acceptors (Lipinski definition) is 2. The Hall–Kier alpha value is -1.53. The second-order valence-electron chi connectivity index (χ2n) is 4.61. The van der Waals surface area contributed by atoms with Gasteiger partial charge in [0.1, 0.15) is 0 Å². The lowest BCUT2D eigenvalue weighted by molar-refractivity contribution is 0.0706. The molecule has 0 unspecified atom stereocenters. The maximum Gasteiger partial charge on any atom is 0.254 e. The van der Waals surface area contributed by atoms with Crippen LogP contribution in [0.15, 0.2) is 18.2 Å². The van der Waals surface area contributed by atoms with E-state index in [4.69, 9.17) is 16.9 Å². The number of piperidine rings is 1. The van der Waals surface area contributed by atoms with E-state index in [1.54, 1.807) is 18.2 Å². The number of halogens is 1. The quantitative estimate of drug-likeness (QED) is 0.781. The lowest BCUT2D eigenvalue weighted by Crippen LogP contribution is -2.38. The number of nitrogens with zero attached hydrogens (tertiary/aromatic N) is 2. The number of amides is 1. The Kier molecular flexibility index (Phi) is 3.88. The molecule has 1 aromatic carbocycles.